The van der Waals surface area contributed by atoms with E-state index in [0.29, 0.717) is 0 Å². The number of hydrogen-bond donors (Lipinski definition) is 0. The molecule has 0 bridgehead atoms. The van der Waals surface area contributed by atoms with Crippen LogP contribution in [0.1, 0.15) is 19.3 Å². The summed E-state index contributed by atoms with van der Waals surface area (Å²) in [6.45, 7) is 0. The first-order chi connectivity index (χ1) is 6.62. The lowest BCUT2D eigenvalue weighted by molar-refractivity contribution is -0.210. The highest BCUT2D eigenvalue weighted by Gasteiger charge is 2.51. The van der Waals surface area contributed by atoms with Crippen molar-refractivity contribution < 1.29 is 26.3 Å². The summed E-state index contributed by atoms with van der Waals surface area (Å²) in [6.07, 6.45) is -10.2. The smallest absolute Gasteiger partial charge is 0.171 e. The Balaban J connectivity index is 2.64. The van der Waals surface area contributed by atoms with E-state index in [0.717, 1.165) is 0 Å². The van der Waals surface area contributed by atoms with Gasteiger partial charge >= 0.3 is 12.4 Å². The number of rotatable bonds is 0. The molecule has 0 nitrogen and oxygen atoms in total. The average molecular weight is 299 g/mol. The maximum absolute atomic E-state index is 12.3. The van der Waals surface area contributed by atoms with Gasteiger partial charge in [-0.3, -0.25) is 0 Å². The molecule has 0 aliphatic heterocycles. The van der Waals surface area contributed by atoms with Crippen LogP contribution in [0.4, 0.5) is 26.3 Å². The van der Waals surface area contributed by atoms with E-state index in [9.17, 15) is 26.3 Å². The number of halogens is 7. The van der Waals surface area contributed by atoms with Gasteiger partial charge in [0.15, 0.2) is 0 Å². The van der Waals surface area contributed by atoms with Crippen LogP contribution in [-0.2, 0) is 0 Å². The van der Waals surface area contributed by atoms with Gasteiger partial charge in [-0.2, -0.15) is 26.3 Å². The normalized spacial score (nSPS) is 34.2. The second-order valence-electron chi connectivity index (χ2n) is 3.72. The van der Waals surface area contributed by atoms with Crippen LogP contribution in [0.25, 0.3) is 0 Å². The van der Waals surface area contributed by atoms with Crippen LogP contribution >= 0.6 is 15.9 Å². The van der Waals surface area contributed by atoms with E-state index >= 15 is 0 Å². The molecule has 0 radical (unpaired) electrons. The van der Waals surface area contributed by atoms with Crippen molar-refractivity contribution in [2.45, 2.75) is 36.4 Å². The van der Waals surface area contributed by atoms with Crippen molar-refractivity contribution in [3.63, 3.8) is 0 Å². The predicted octanol–water partition coefficient (Wildman–Crippen LogP) is 4.29. The van der Waals surface area contributed by atoms with Crippen LogP contribution in [-0.4, -0.2) is 17.2 Å². The molecule has 1 rings (SSSR count). The van der Waals surface area contributed by atoms with Crippen molar-refractivity contribution >= 4 is 15.9 Å². The van der Waals surface area contributed by atoms with E-state index in [1.165, 1.54) is 0 Å². The first-order valence-corrected chi connectivity index (χ1v) is 5.31. The van der Waals surface area contributed by atoms with Gasteiger partial charge in [0.25, 0.3) is 0 Å². The maximum Gasteiger partial charge on any atom is 0.392 e. The summed E-state index contributed by atoms with van der Waals surface area (Å²) in [5.74, 6) is -3.27. The molecule has 0 spiro atoms. The molecule has 0 amide bonds. The third kappa shape index (κ3) is 3.26. The third-order valence-electron chi connectivity index (χ3n) is 2.66. The summed E-state index contributed by atoms with van der Waals surface area (Å²) >= 11 is 2.70. The summed E-state index contributed by atoms with van der Waals surface area (Å²) in [5.41, 5.74) is 0. The topological polar surface area (TPSA) is 0 Å². The molecule has 0 aromatic rings. The van der Waals surface area contributed by atoms with Gasteiger partial charge < -0.3 is 0 Å². The molecule has 0 saturated heterocycles. The molecule has 1 aliphatic carbocycles. The lowest BCUT2D eigenvalue weighted by atomic mass is 9.81. The molecule has 1 fully saturated rings. The van der Waals surface area contributed by atoms with Crippen molar-refractivity contribution in [2.24, 2.45) is 11.8 Å². The standard InChI is InChI=1S/C8H9BrF6/c9-6-3-4(7(10,11)12)1-2-5(6)8(13,14)15/h4-6H,1-3H2. The largest absolute Gasteiger partial charge is 0.392 e. The van der Waals surface area contributed by atoms with Crippen molar-refractivity contribution in [3.8, 4) is 0 Å². The average Bonchev–Trinajstić information content (AvgIpc) is 1.99. The molecule has 1 aliphatic rings. The molecule has 90 valence electrons. The Kier molecular flexibility index (Phi) is 3.63. The number of alkyl halides is 7. The van der Waals surface area contributed by atoms with E-state index in [4.69, 9.17) is 0 Å². The zero-order valence-corrected chi connectivity index (χ0v) is 9.09. The Morgan fingerprint density at radius 1 is 0.867 bits per heavy atom. The Morgan fingerprint density at radius 2 is 1.40 bits per heavy atom. The zero-order valence-electron chi connectivity index (χ0n) is 7.50. The van der Waals surface area contributed by atoms with Gasteiger partial charge in [-0.1, -0.05) is 15.9 Å². The minimum Gasteiger partial charge on any atom is -0.171 e. The Morgan fingerprint density at radius 3 is 1.73 bits per heavy atom. The Bertz CT molecular complexity index is 220. The molecule has 1 saturated carbocycles. The molecule has 3 unspecified atom stereocenters. The Hall–Kier alpha value is 0.0600. The molecular weight excluding hydrogens is 290 g/mol. The first kappa shape index (κ1) is 13.1. The van der Waals surface area contributed by atoms with Crippen LogP contribution in [0, 0.1) is 11.8 Å². The van der Waals surface area contributed by atoms with Crippen molar-refractivity contribution in [3.05, 3.63) is 0 Å². The summed E-state index contributed by atoms with van der Waals surface area (Å²) in [6, 6.07) is 0. The van der Waals surface area contributed by atoms with E-state index in [2.05, 4.69) is 15.9 Å². The van der Waals surface area contributed by atoms with Gasteiger partial charge in [0.05, 0.1) is 11.8 Å². The predicted molar refractivity (Wildman–Crippen MR) is 45.7 cm³/mol. The number of hydrogen-bond acceptors (Lipinski definition) is 0. The molecule has 3 atom stereocenters. The van der Waals surface area contributed by atoms with E-state index in [1.54, 1.807) is 0 Å². The lowest BCUT2D eigenvalue weighted by Crippen LogP contribution is -2.39. The summed E-state index contributed by atoms with van der Waals surface area (Å²) in [4.78, 5) is -1.13. The van der Waals surface area contributed by atoms with Crippen molar-refractivity contribution in [1.82, 2.24) is 0 Å². The van der Waals surface area contributed by atoms with E-state index in [1.807, 2.05) is 0 Å². The van der Waals surface area contributed by atoms with Gasteiger partial charge in [0.1, 0.15) is 0 Å². The van der Waals surface area contributed by atoms with Gasteiger partial charge in [0, 0.05) is 4.83 Å². The molecule has 0 N–H and O–H groups in total. The van der Waals surface area contributed by atoms with Crippen molar-refractivity contribution in [2.75, 3.05) is 0 Å². The highest BCUT2D eigenvalue weighted by molar-refractivity contribution is 9.09. The van der Waals surface area contributed by atoms with Gasteiger partial charge in [-0.05, 0) is 19.3 Å². The third-order valence-corrected chi connectivity index (χ3v) is 3.67. The fraction of sp³-hybridized carbons (Fsp3) is 1.00. The molecule has 15 heavy (non-hydrogen) atoms. The SMILES string of the molecule is FC(F)(F)C1CCC(C(F)(F)F)C(Br)C1. The van der Waals surface area contributed by atoms with Crippen molar-refractivity contribution in [1.29, 1.82) is 0 Å². The van der Waals surface area contributed by atoms with Crippen LogP contribution in [0.5, 0.6) is 0 Å². The minimum atomic E-state index is -4.41. The lowest BCUT2D eigenvalue weighted by Gasteiger charge is -2.34. The Labute approximate surface area is 91.1 Å². The highest BCUT2D eigenvalue weighted by atomic mass is 79.9. The fourth-order valence-electron chi connectivity index (χ4n) is 1.78. The highest BCUT2D eigenvalue weighted by Crippen LogP contribution is 2.47. The van der Waals surface area contributed by atoms with Gasteiger partial charge in [0.2, 0.25) is 0 Å². The molecular formula is C8H9BrF6. The molecule has 7 heteroatoms. The van der Waals surface area contributed by atoms with Crippen LogP contribution in [0.3, 0.4) is 0 Å². The monoisotopic (exact) mass is 298 g/mol. The second-order valence-corrected chi connectivity index (χ2v) is 4.89. The van der Waals surface area contributed by atoms with Gasteiger partial charge in [-0.25, -0.2) is 0 Å². The zero-order chi connectivity index (χ0) is 11.9. The summed E-state index contributed by atoms with van der Waals surface area (Å²) in [7, 11) is 0. The van der Waals surface area contributed by atoms with Crippen LogP contribution in [0.15, 0.2) is 0 Å². The molecule has 0 heterocycles. The molecule has 0 aromatic heterocycles. The van der Waals surface area contributed by atoms with Gasteiger partial charge in [-0.15, -0.1) is 0 Å². The van der Waals surface area contributed by atoms with E-state index < -0.39 is 48.3 Å². The van der Waals surface area contributed by atoms with Crippen LogP contribution in [0.2, 0.25) is 0 Å². The minimum absolute atomic E-state index is 0.435. The maximum atomic E-state index is 12.3. The first-order valence-electron chi connectivity index (χ1n) is 4.40. The quantitative estimate of drug-likeness (QED) is 0.462. The summed E-state index contributed by atoms with van der Waals surface area (Å²) < 4.78 is 73.6. The summed E-state index contributed by atoms with van der Waals surface area (Å²) in [5, 5.41) is 0. The fourth-order valence-corrected chi connectivity index (χ4v) is 2.80. The van der Waals surface area contributed by atoms with E-state index in [-0.39, 0.29) is 0 Å². The van der Waals surface area contributed by atoms with Crippen LogP contribution < -0.4 is 0 Å². The second kappa shape index (κ2) is 4.14. The molecule has 0 aromatic carbocycles.